The average Bonchev–Trinajstić information content (AvgIpc) is 3.03. The molecular formula is C19H26ClN3O2. The fourth-order valence-electron chi connectivity index (χ4n) is 3.91. The molecule has 0 aromatic heterocycles. The number of carbonyl (C=O) groups is 2. The van der Waals surface area contributed by atoms with Crippen molar-refractivity contribution in [1.29, 1.82) is 0 Å². The Kier molecular flexibility index (Phi) is 5.97. The molecule has 0 spiro atoms. The molecule has 0 radical (unpaired) electrons. The number of carbonyl (C=O) groups excluding carboxylic acids is 2. The van der Waals surface area contributed by atoms with E-state index >= 15 is 0 Å². The fourth-order valence-corrected chi connectivity index (χ4v) is 4.17. The van der Waals surface area contributed by atoms with E-state index in [4.69, 9.17) is 11.6 Å². The van der Waals surface area contributed by atoms with Gasteiger partial charge in [0.15, 0.2) is 0 Å². The summed E-state index contributed by atoms with van der Waals surface area (Å²) in [6.07, 6.45) is 3.78. The summed E-state index contributed by atoms with van der Waals surface area (Å²) in [7, 11) is 0. The first-order valence-corrected chi connectivity index (χ1v) is 9.45. The Bertz CT molecular complexity index is 629. The lowest BCUT2D eigenvalue weighted by molar-refractivity contribution is -0.130. The highest BCUT2D eigenvalue weighted by Crippen LogP contribution is 2.35. The van der Waals surface area contributed by atoms with Gasteiger partial charge in [-0.25, -0.2) is 0 Å². The Morgan fingerprint density at radius 3 is 2.56 bits per heavy atom. The standard InChI is InChI=1S/C19H26ClN3O2/c1-14(24)22-11-8-15(9-12-22)21-19(25)13-23-10-4-7-18(23)16-5-2-3-6-17(16)20/h2-3,5-6,15,18H,4,7-13H2,1H3,(H,21,25). The Labute approximate surface area is 154 Å². The van der Waals surface area contributed by atoms with Crippen LogP contribution in [0.4, 0.5) is 0 Å². The largest absolute Gasteiger partial charge is 0.352 e. The first-order chi connectivity index (χ1) is 12.0. The van der Waals surface area contributed by atoms with Crippen LogP contribution < -0.4 is 5.32 Å². The van der Waals surface area contributed by atoms with Crippen LogP contribution >= 0.6 is 11.6 Å². The predicted molar refractivity (Wildman–Crippen MR) is 98.4 cm³/mol. The van der Waals surface area contributed by atoms with E-state index in [0.29, 0.717) is 6.54 Å². The molecule has 1 N–H and O–H groups in total. The quantitative estimate of drug-likeness (QED) is 0.894. The molecule has 2 aliphatic rings. The predicted octanol–water partition coefficient (Wildman–Crippen LogP) is 2.60. The second-order valence-corrected chi connectivity index (χ2v) is 7.41. The van der Waals surface area contributed by atoms with Crippen molar-refractivity contribution in [2.45, 2.75) is 44.7 Å². The molecule has 1 aromatic rings. The third-order valence-electron chi connectivity index (χ3n) is 5.28. The molecule has 2 fully saturated rings. The molecule has 2 heterocycles. The summed E-state index contributed by atoms with van der Waals surface area (Å²) in [5, 5.41) is 3.91. The summed E-state index contributed by atoms with van der Waals surface area (Å²) in [6, 6.07) is 8.30. The molecule has 1 aromatic carbocycles. The minimum Gasteiger partial charge on any atom is -0.352 e. The van der Waals surface area contributed by atoms with Crippen LogP contribution in [0, 0.1) is 0 Å². The van der Waals surface area contributed by atoms with Crippen LogP contribution in [0.3, 0.4) is 0 Å². The lowest BCUT2D eigenvalue weighted by atomic mass is 10.0. The van der Waals surface area contributed by atoms with Gasteiger partial charge in [-0.3, -0.25) is 14.5 Å². The Morgan fingerprint density at radius 1 is 1.16 bits per heavy atom. The highest BCUT2D eigenvalue weighted by molar-refractivity contribution is 6.31. The summed E-state index contributed by atoms with van der Waals surface area (Å²) in [6.45, 7) is 4.38. The Hall–Kier alpha value is -1.59. The molecule has 136 valence electrons. The number of hydrogen-bond acceptors (Lipinski definition) is 3. The summed E-state index contributed by atoms with van der Waals surface area (Å²) >= 11 is 6.34. The number of benzene rings is 1. The fraction of sp³-hybridized carbons (Fsp3) is 0.579. The average molecular weight is 364 g/mol. The Morgan fingerprint density at radius 2 is 1.88 bits per heavy atom. The molecule has 1 atom stereocenters. The van der Waals surface area contributed by atoms with E-state index in [1.165, 1.54) is 0 Å². The van der Waals surface area contributed by atoms with Crippen LogP contribution in [0.1, 0.15) is 44.2 Å². The zero-order valence-corrected chi connectivity index (χ0v) is 15.5. The SMILES string of the molecule is CC(=O)N1CCC(NC(=O)CN2CCCC2c2ccccc2Cl)CC1. The van der Waals surface area contributed by atoms with E-state index in [-0.39, 0.29) is 23.9 Å². The minimum absolute atomic E-state index is 0.0697. The van der Waals surface area contributed by atoms with Crippen molar-refractivity contribution < 1.29 is 9.59 Å². The highest BCUT2D eigenvalue weighted by Gasteiger charge is 2.30. The molecule has 0 saturated carbocycles. The van der Waals surface area contributed by atoms with Crippen LogP contribution in [-0.2, 0) is 9.59 Å². The van der Waals surface area contributed by atoms with Crippen molar-refractivity contribution >= 4 is 23.4 Å². The van der Waals surface area contributed by atoms with E-state index in [9.17, 15) is 9.59 Å². The monoisotopic (exact) mass is 363 g/mol. The van der Waals surface area contributed by atoms with Gasteiger partial charge in [-0.05, 0) is 43.9 Å². The second-order valence-electron chi connectivity index (χ2n) is 7.00. The zero-order chi connectivity index (χ0) is 17.8. The normalized spacial score (nSPS) is 22.2. The number of piperidine rings is 1. The molecule has 1 unspecified atom stereocenters. The van der Waals surface area contributed by atoms with Gasteiger partial charge in [0.25, 0.3) is 0 Å². The van der Waals surface area contributed by atoms with E-state index in [1.807, 2.05) is 23.1 Å². The van der Waals surface area contributed by atoms with Gasteiger partial charge in [-0.1, -0.05) is 29.8 Å². The second kappa shape index (κ2) is 8.19. The van der Waals surface area contributed by atoms with Crippen molar-refractivity contribution in [2.24, 2.45) is 0 Å². The van der Waals surface area contributed by atoms with E-state index in [2.05, 4.69) is 16.3 Å². The molecule has 6 heteroatoms. The van der Waals surface area contributed by atoms with Crippen LogP contribution in [-0.4, -0.2) is 53.8 Å². The lowest BCUT2D eigenvalue weighted by Crippen LogP contribution is -2.48. The number of rotatable bonds is 4. The third kappa shape index (κ3) is 4.53. The maximum Gasteiger partial charge on any atom is 0.234 e. The van der Waals surface area contributed by atoms with Gasteiger partial charge < -0.3 is 10.2 Å². The first-order valence-electron chi connectivity index (χ1n) is 9.08. The van der Waals surface area contributed by atoms with Gasteiger partial charge in [-0.2, -0.15) is 0 Å². The van der Waals surface area contributed by atoms with Gasteiger partial charge in [0.05, 0.1) is 6.54 Å². The lowest BCUT2D eigenvalue weighted by Gasteiger charge is -2.32. The first kappa shape index (κ1) is 18.2. The van der Waals surface area contributed by atoms with Gasteiger partial charge in [0.1, 0.15) is 0 Å². The molecule has 5 nitrogen and oxygen atoms in total. The van der Waals surface area contributed by atoms with Gasteiger partial charge in [0.2, 0.25) is 11.8 Å². The number of likely N-dealkylation sites (tertiary alicyclic amines) is 2. The van der Waals surface area contributed by atoms with Crippen molar-refractivity contribution in [2.75, 3.05) is 26.2 Å². The molecule has 0 bridgehead atoms. The van der Waals surface area contributed by atoms with E-state index < -0.39 is 0 Å². The van der Waals surface area contributed by atoms with Crippen LogP contribution in [0.25, 0.3) is 0 Å². The molecular weight excluding hydrogens is 338 g/mol. The summed E-state index contributed by atoms with van der Waals surface area (Å²) < 4.78 is 0. The number of hydrogen-bond donors (Lipinski definition) is 1. The van der Waals surface area contributed by atoms with E-state index in [1.54, 1.807) is 6.92 Å². The molecule has 2 aliphatic heterocycles. The van der Waals surface area contributed by atoms with Gasteiger partial charge in [0, 0.05) is 37.1 Å². The van der Waals surface area contributed by atoms with Crippen LogP contribution in [0.15, 0.2) is 24.3 Å². The van der Waals surface area contributed by atoms with Crippen molar-refractivity contribution in [3.05, 3.63) is 34.9 Å². The van der Waals surface area contributed by atoms with Gasteiger partial charge >= 0.3 is 0 Å². The molecule has 3 rings (SSSR count). The van der Waals surface area contributed by atoms with Gasteiger partial charge in [-0.15, -0.1) is 0 Å². The maximum atomic E-state index is 12.5. The third-order valence-corrected chi connectivity index (χ3v) is 5.62. The van der Waals surface area contributed by atoms with Crippen molar-refractivity contribution in [3.8, 4) is 0 Å². The number of nitrogens with one attached hydrogen (secondary N) is 1. The summed E-state index contributed by atoms with van der Waals surface area (Å²) in [5.74, 6) is 0.185. The minimum atomic E-state index is 0.0697. The van der Waals surface area contributed by atoms with Crippen molar-refractivity contribution in [3.63, 3.8) is 0 Å². The smallest absolute Gasteiger partial charge is 0.234 e. The maximum absolute atomic E-state index is 12.5. The summed E-state index contributed by atoms with van der Waals surface area (Å²) in [5.41, 5.74) is 1.12. The van der Waals surface area contributed by atoms with Crippen LogP contribution in [0.5, 0.6) is 0 Å². The number of amides is 2. The van der Waals surface area contributed by atoms with Crippen molar-refractivity contribution in [1.82, 2.24) is 15.1 Å². The van der Waals surface area contributed by atoms with Crippen LogP contribution in [0.2, 0.25) is 5.02 Å². The van der Waals surface area contributed by atoms with E-state index in [0.717, 1.165) is 55.9 Å². The topological polar surface area (TPSA) is 52.7 Å². The molecule has 2 amide bonds. The highest BCUT2D eigenvalue weighted by atomic mass is 35.5. The zero-order valence-electron chi connectivity index (χ0n) is 14.7. The molecule has 25 heavy (non-hydrogen) atoms. The molecule has 2 saturated heterocycles. The molecule has 0 aliphatic carbocycles. The number of nitrogens with zero attached hydrogens (tertiary/aromatic N) is 2. The number of halogens is 1. The summed E-state index contributed by atoms with van der Waals surface area (Å²) in [4.78, 5) is 27.9. The Balaban J connectivity index is 1.52.